The van der Waals surface area contributed by atoms with Gasteiger partial charge in [0.1, 0.15) is 0 Å². The van der Waals surface area contributed by atoms with Crippen molar-refractivity contribution in [2.75, 3.05) is 18.5 Å². The zero-order valence-corrected chi connectivity index (χ0v) is 12.0. The van der Waals surface area contributed by atoms with E-state index < -0.39 is 0 Å². The van der Waals surface area contributed by atoms with Crippen molar-refractivity contribution in [3.8, 4) is 0 Å². The summed E-state index contributed by atoms with van der Waals surface area (Å²) in [4.78, 5) is 15.1. The van der Waals surface area contributed by atoms with Crippen molar-refractivity contribution in [1.82, 2.24) is 5.32 Å². The highest BCUT2D eigenvalue weighted by Crippen LogP contribution is 2.18. The molecule has 0 saturated heterocycles. The van der Waals surface area contributed by atoms with E-state index in [2.05, 4.69) is 5.32 Å². The largest absolute Gasteiger partial charge is 0.365 e. The minimum absolute atomic E-state index is 0.0345. The summed E-state index contributed by atoms with van der Waals surface area (Å²) >= 11 is 1.66. The van der Waals surface area contributed by atoms with Crippen molar-refractivity contribution in [3.63, 3.8) is 0 Å². The Balaban J connectivity index is 1.88. The summed E-state index contributed by atoms with van der Waals surface area (Å²) in [6, 6.07) is 14.0. The SMILES string of the molecule is CC(NC(=O)CN(C)c1ccccc1)c1cccs1. The van der Waals surface area contributed by atoms with E-state index >= 15 is 0 Å². The molecule has 19 heavy (non-hydrogen) atoms. The smallest absolute Gasteiger partial charge is 0.240 e. The Labute approximate surface area is 117 Å². The number of benzene rings is 1. The van der Waals surface area contributed by atoms with Crippen LogP contribution in [0.1, 0.15) is 17.8 Å². The maximum absolute atomic E-state index is 12.0. The Kier molecular flexibility index (Phi) is 4.58. The van der Waals surface area contributed by atoms with Gasteiger partial charge in [0, 0.05) is 17.6 Å². The summed E-state index contributed by atoms with van der Waals surface area (Å²) in [5, 5.41) is 5.03. The second-order valence-corrected chi connectivity index (χ2v) is 5.48. The Morgan fingerprint density at radius 3 is 2.63 bits per heavy atom. The van der Waals surface area contributed by atoms with Gasteiger partial charge < -0.3 is 10.2 Å². The zero-order chi connectivity index (χ0) is 13.7. The fraction of sp³-hybridized carbons (Fsp3) is 0.267. The minimum atomic E-state index is 0.0345. The molecule has 0 spiro atoms. The predicted octanol–water partition coefficient (Wildman–Crippen LogP) is 3.06. The fourth-order valence-electron chi connectivity index (χ4n) is 1.89. The van der Waals surface area contributed by atoms with Crippen LogP contribution in [0, 0.1) is 0 Å². The monoisotopic (exact) mass is 274 g/mol. The van der Waals surface area contributed by atoms with E-state index in [0.717, 1.165) is 5.69 Å². The average Bonchev–Trinajstić information content (AvgIpc) is 2.93. The molecule has 100 valence electrons. The van der Waals surface area contributed by atoms with Gasteiger partial charge in [0.05, 0.1) is 12.6 Å². The highest BCUT2D eigenvalue weighted by atomic mass is 32.1. The number of nitrogens with zero attached hydrogens (tertiary/aromatic N) is 1. The first-order valence-electron chi connectivity index (χ1n) is 6.26. The van der Waals surface area contributed by atoms with Gasteiger partial charge in [-0.15, -0.1) is 11.3 Å². The molecular formula is C15H18N2OS. The number of likely N-dealkylation sites (N-methyl/N-ethyl adjacent to an activating group) is 1. The lowest BCUT2D eigenvalue weighted by Crippen LogP contribution is -2.36. The lowest BCUT2D eigenvalue weighted by Gasteiger charge is -2.20. The molecule has 0 fully saturated rings. The van der Waals surface area contributed by atoms with E-state index in [0.29, 0.717) is 6.54 Å². The molecule has 1 amide bonds. The summed E-state index contributed by atoms with van der Waals surface area (Å²) in [5.74, 6) is 0.0345. The molecule has 0 aliphatic rings. The van der Waals surface area contributed by atoms with Crippen LogP contribution in [0.5, 0.6) is 0 Å². The molecule has 0 aliphatic carbocycles. The number of nitrogens with one attached hydrogen (secondary N) is 1. The lowest BCUT2D eigenvalue weighted by atomic mass is 10.2. The maximum Gasteiger partial charge on any atom is 0.240 e. The van der Waals surface area contributed by atoms with Gasteiger partial charge in [-0.3, -0.25) is 4.79 Å². The summed E-state index contributed by atoms with van der Waals surface area (Å²) in [6.07, 6.45) is 0. The maximum atomic E-state index is 12.0. The van der Waals surface area contributed by atoms with Crippen molar-refractivity contribution in [3.05, 3.63) is 52.7 Å². The Bertz CT molecular complexity index is 510. The number of hydrogen-bond acceptors (Lipinski definition) is 3. The number of rotatable bonds is 5. The molecule has 1 unspecified atom stereocenters. The van der Waals surface area contributed by atoms with Crippen LogP contribution in [-0.4, -0.2) is 19.5 Å². The molecule has 2 rings (SSSR count). The van der Waals surface area contributed by atoms with E-state index in [1.807, 2.05) is 66.7 Å². The third-order valence-corrected chi connectivity index (χ3v) is 3.98. The van der Waals surface area contributed by atoms with Crippen molar-refractivity contribution < 1.29 is 4.79 Å². The van der Waals surface area contributed by atoms with Crippen LogP contribution in [0.3, 0.4) is 0 Å². The topological polar surface area (TPSA) is 32.3 Å². The number of thiophene rings is 1. The van der Waals surface area contributed by atoms with Gasteiger partial charge in [-0.2, -0.15) is 0 Å². The van der Waals surface area contributed by atoms with Crippen molar-refractivity contribution >= 4 is 22.9 Å². The molecular weight excluding hydrogens is 256 g/mol. The Morgan fingerprint density at radius 2 is 2.00 bits per heavy atom. The number of carbonyl (C=O) groups is 1. The summed E-state index contributed by atoms with van der Waals surface area (Å²) < 4.78 is 0. The first-order chi connectivity index (χ1) is 9.16. The molecule has 1 aromatic heterocycles. The number of anilines is 1. The van der Waals surface area contributed by atoms with Gasteiger partial charge in [0.2, 0.25) is 5.91 Å². The molecule has 1 atom stereocenters. The molecule has 2 aromatic rings. The standard InChI is InChI=1S/C15H18N2OS/c1-12(14-9-6-10-19-14)16-15(18)11-17(2)13-7-4-3-5-8-13/h3-10,12H,11H2,1-2H3,(H,16,18). The highest BCUT2D eigenvalue weighted by Gasteiger charge is 2.12. The lowest BCUT2D eigenvalue weighted by molar-refractivity contribution is -0.120. The van der Waals surface area contributed by atoms with Crippen LogP contribution in [0.25, 0.3) is 0 Å². The second kappa shape index (κ2) is 6.38. The van der Waals surface area contributed by atoms with Crippen molar-refractivity contribution in [1.29, 1.82) is 0 Å². The van der Waals surface area contributed by atoms with Crippen LogP contribution in [0.15, 0.2) is 47.8 Å². The van der Waals surface area contributed by atoms with E-state index in [1.54, 1.807) is 11.3 Å². The quantitative estimate of drug-likeness (QED) is 0.909. The molecule has 0 saturated carbocycles. The van der Waals surface area contributed by atoms with Crippen LogP contribution in [0.4, 0.5) is 5.69 Å². The number of carbonyl (C=O) groups excluding carboxylic acids is 1. The van der Waals surface area contributed by atoms with E-state index in [-0.39, 0.29) is 11.9 Å². The van der Waals surface area contributed by atoms with E-state index in [4.69, 9.17) is 0 Å². The van der Waals surface area contributed by atoms with Crippen molar-refractivity contribution in [2.24, 2.45) is 0 Å². The third kappa shape index (κ3) is 3.83. The van der Waals surface area contributed by atoms with Crippen LogP contribution < -0.4 is 10.2 Å². The van der Waals surface area contributed by atoms with Gasteiger partial charge in [-0.1, -0.05) is 24.3 Å². The molecule has 0 bridgehead atoms. The van der Waals surface area contributed by atoms with Gasteiger partial charge in [0.25, 0.3) is 0 Å². The second-order valence-electron chi connectivity index (χ2n) is 4.50. The normalized spacial score (nSPS) is 11.9. The molecule has 0 aliphatic heterocycles. The van der Waals surface area contributed by atoms with Gasteiger partial charge in [-0.25, -0.2) is 0 Å². The van der Waals surface area contributed by atoms with Crippen LogP contribution in [-0.2, 0) is 4.79 Å². The molecule has 4 heteroatoms. The number of amides is 1. The molecule has 1 aromatic carbocycles. The first kappa shape index (κ1) is 13.6. The fourth-order valence-corrected chi connectivity index (χ4v) is 2.62. The van der Waals surface area contributed by atoms with E-state index in [1.165, 1.54) is 4.88 Å². The van der Waals surface area contributed by atoms with Gasteiger partial charge in [-0.05, 0) is 30.5 Å². The molecule has 1 N–H and O–H groups in total. The third-order valence-electron chi connectivity index (χ3n) is 2.93. The molecule has 3 nitrogen and oxygen atoms in total. The zero-order valence-electron chi connectivity index (χ0n) is 11.2. The Morgan fingerprint density at radius 1 is 1.26 bits per heavy atom. The molecule has 1 heterocycles. The molecule has 0 radical (unpaired) electrons. The van der Waals surface area contributed by atoms with Crippen LogP contribution in [0.2, 0.25) is 0 Å². The van der Waals surface area contributed by atoms with Gasteiger partial charge in [0.15, 0.2) is 0 Å². The first-order valence-corrected chi connectivity index (χ1v) is 7.13. The summed E-state index contributed by atoms with van der Waals surface area (Å²) in [6.45, 7) is 2.37. The summed E-state index contributed by atoms with van der Waals surface area (Å²) in [5.41, 5.74) is 1.04. The average molecular weight is 274 g/mol. The predicted molar refractivity (Wildman–Crippen MR) is 80.6 cm³/mol. The van der Waals surface area contributed by atoms with Gasteiger partial charge >= 0.3 is 0 Å². The highest BCUT2D eigenvalue weighted by molar-refractivity contribution is 7.10. The number of para-hydroxylation sites is 1. The van der Waals surface area contributed by atoms with Crippen LogP contribution >= 0.6 is 11.3 Å². The summed E-state index contributed by atoms with van der Waals surface area (Å²) in [7, 11) is 1.92. The van der Waals surface area contributed by atoms with E-state index in [9.17, 15) is 4.79 Å². The Hall–Kier alpha value is -1.81. The minimum Gasteiger partial charge on any atom is -0.365 e. The number of hydrogen-bond donors (Lipinski definition) is 1. The van der Waals surface area contributed by atoms with Crippen molar-refractivity contribution in [2.45, 2.75) is 13.0 Å².